The van der Waals surface area contributed by atoms with E-state index in [9.17, 15) is 9.59 Å². The lowest BCUT2D eigenvalue weighted by molar-refractivity contribution is -0.114. The Morgan fingerprint density at radius 2 is 2.19 bits per heavy atom. The van der Waals surface area contributed by atoms with E-state index in [0.29, 0.717) is 15.6 Å². The van der Waals surface area contributed by atoms with Crippen molar-refractivity contribution >= 4 is 63.7 Å². The molecule has 1 aromatic heterocycles. The number of nitrogens with one attached hydrogen (secondary N) is 1. The van der Waals surface area contributed by atoms with E-state index in [1.54, 1.807) is 53.4 Å². The molecule has 9 heteroatoms. The van der Waals surface area contributed by atoms with Crippen molar-refractivity contribution in [2.45, 2.75) is 0 Å². The lowest BCUT2D eigenvalue weighted by Crippen LogP contribution is -2.35. The number of amides is 1. The monoisotopic (exact) mass is 415 g/mol. The lowest BCUT2D eigenvalue weighted by atomic mass is 10.1. The molecule has 1 aromatic carbocycles. The molecular formula is C18H10ClN3O3S2. The zero-order valence-electron chi connectivity index (χ0n) is 13.5. The Balaban J connectivity index is 1.58. The van der Waals surface area contributed by atoms with Crippen molar-refractivity contribution in [2.75, 3.05) is 0 Å². The summed E-state index contributed by atoms with van der Waals surface area (Å²) < 4.78 is 5.30. The van der Waals surface area contributed by atoms with Gasteiger partial charge in [0, 0.05) is 6.20 Å². The Kier molecular flexibility index (Phi) is 4.69. The van der Waals surface area contributed by atoms with Crippen LogP contribution in [0.4, 0.5) is 0 Å². The summed E-state index contributed by atoms with van der Waals surface area (Å²) in [6, 6.07) is 8.21. The van der Waals surface area contributed by atoms with Gasteiger partial charge in [0.1, 0.15) is 16.5 Å². The van der Waals surface area contributed by atoms with Gasteiger partial charge in [0.15, 0.2) is 5.17 Å². The summed E-state index contributed by atoms with van der Waals surface area (Å²) in [5.41, 5.74) is 0.754. The summed E-state index contributed by atoms with van der Waals surface area (Å²) in [5.74, 6) is -0.689. The molecule has 1 amide bonds. The van der Waals surface area contributed by atoms with Gasteiger partial charge >= 0.3 is 5.97 Å². The fourth-order valence-electron chi connectivity index (χ4n) is 2.43. The second kappa shape index (κ2) is 7.15. The first kappa shape index (κ1) is 17.7. The van der Waals surface area contributed by atoms with E-state index in [0.717, 1.165) is 0 Å². The molecule has 0 saturated heterocycles. The van der Waals surface area contributed by atoms with Crippen LogP contribution in [0.1, 0.15) is 15.2 Å². The van der Waals surface area contributed by atoms with Gasteiger partial charge in [-0.25, -0.2) is 4.79 Å². The molecule has 6 nitrogen and oxygen atoms in total. The number of fused-ring (bicyclic) bond motifs is 1. The van der Waals surface area contributed by atoms with Crippen LogP contribution in [0.3, 0.4) is 0 Å². The molecule has 27 heavy (non-hydrogen) atoms. The predicted molar refractivity (Wildman–Crippen MR) is 107 cm³/mol. The minimum absolute atomic E-state index is 0.0515. The number of nitrogens with zero attached hydrogens (tertiary/aromatic N) is 2. The highest BCUT2D eigenvalue weighted by molar-refractivity contribution is 8.16. The molecule has 2 aliphatic heterocycles. The molecule has 0 unspecified atom stereocenters. The standard InChI is InChI=1S/C18H10ClN3O3S2/c19-12-9-10(3-4-13(12)25-17(24)14-2-1-6-26-14)8-11-15(20)22-5-7-27-18(22)21-16(11)23/h1-9,20H. The normalized spacial score (nSPS) is 17.3. The van der Waals surface area contributed by atoms with Crippen LogP contribution in [0.15, 0.2) is 57.9 Å². The van der Waals surface area contributed by atoms with Crippen LogP contribution in [-0.2, 0) is 4.79 Å². The van der Waals surface area contributed by atoms with Gasteiger partial charge in [-0.1, -0.05) is 35.5 Å². The van der Waals surface area contributed by atoms with Crippen LogP contribution in [0.25, 0.3) is 6.08 Å². The van der Waals surface area contributed by atoms with Gasteiger partial charge in [-0.2, -0.15) is 4.99 Å². The molecule has 4 rings (SSSR count). The number of thiophene rings is 1. The molecule has 0 atom stereocenters. The summed E-state index contributed by atoms with van der Waals surface area (Å²) in [5, 5.41) is 12.5. The molecule has 0 fully saturated rings. The molecule has 0 aliphatic carbocycles. The van der Waals surface area contributed by atoms with Crippen LogP contribution in [0.5, 0.6) is 5.75 Å². The maximum Gasteiger partial charge on any atom is 0.353 e. The predicted octanol–water partition coefficient (Wildman–Crippen LogP) is 4.40. The van der Waals surface area contributed by atoms with E-state index in [-0.39, 0.29) is 22.2 Å². The zero-order valence-corrected chi connectivity index (χ0v) is 15.9. The first-order valence-electron chi connectivity index (χ1n) is 7.64. The first-order chi connectivity index (χ1) is 13.0. The van der Waals surface area contributed by atoms with Gasteiger partial charge in [-0.3, -0.25) is 15.1 Å². The average molecular weight is 416 g/mol. The molecule has 0 bridgehead atoms. The molecule has 2 aromatic rings. The van der Waals surface area contributed by atoms with Crippen molar-refractivity contribution < 1.29 is 14.3 Å². The summed E-state index contributed by atoms with van der Waals surface area (Å²) in [7, 11) is 0. The molecule has 1 N–H and O–H groups in total. The third-order valence-electron chi connectivity index (χ3n) is 3.71. The van der Waals surface area contributed by atoms with Crippen LogP contribution in [-0.4, -0.2) is 27.8 Å². The fraction of sp³-hybridized carbons (Fsp3) is 0. The Morgan fingerprint density at radius 1 is 1.33 bits per heavy atom. The molecule has 134 valence electrons. The number of thioether (sulfide) groups is 1. The van der Waals surface area contributed by atoms with Crippen LogP contribution >= 0.6 is 34.7 Å². The average Bonchev–Trinajstić information content (AvgIpc) is 3.32. The van der Waals surface area contributed by atoms with E-state index in [4.69, 9.17) is 21.7 Å². The maximum absolute atomic E-state index is 12.2. The second-order valence-electron chi connectivity index (χ2n) is 5.44. The highest BCUT2D eigenvalue weighted by Gasteiger charge is 2.31. The number of aliphatic imine (C=N–C) groups is 1. The van der Waals surface area contributed by atoms with E-state index < -0.39 is 11.9 Å². The number of benzene rings is 1. The summed E-state index contributed by atoms with van der Waals surface area (Å²) in [6.07, 6.45) is 3.23. The molecule has 0 saturated carbocycles. The number of amidine groups is 2. The number of rotatable bonds is 3. The summed E-state index contributed by atoms with van der Waals surface area (Å²) >= 11 is 8.79. The van der Waals surface area contributed by atoms with Crippen molar-refractivity contribution in [3.05, 3.63) is 68.4 Å². The topological polar surface area (TPSA) is 82.8 Å². The van der Waals surface area contributed by atoms with Crippen molar-refractivity contribution in [1.29, 1.82) is 5.41 Å². The smallest absolute Gasteiger partial charge is 0.353 e. The Hall–Kier alpha value is -2.68. The number of esters is 1. The minimum Gasteiger partial charge on any atom is -0.421 e. The van der Waals surface area contributed by atoms with Crippen LogP contribution in [0.2, 0.25) is 5.02 Å². The van der Waals surface area contributed by atoms with E-state index in [1.807, 2.05) is 0 Å². The van der Waals surface area contributed by atoms with Crippen LogP contribution in [0, 0.1) is 5.41 Å². The first-order valence-corrected chi connectivity index (χ1v) is 9.78. The van der Waals surface area contributed by atoms with E-state index in [1.165, 1.54) is 28.0 Å². The summed E-state index contributed by atoms with van der Waals surface area (Å²) in [4.78, 5) is 30.2. The number of hydrogen-bond donors (Lipinski definition) is 1. The van der Waals surface area contributed by atoms with Gasteiger partial charge in [0.05, 0.1) is 10.6 Å². The number of carbonyl (C=O) groups excluding carboxylic acids is 2. The minimum atomic E-state index is -0.484. The maximum atomic E-state index is 12.2. The van der Waals surface area contributed by atoms with Crippen molar-refractivity contribution in [3.63, 3.8) is 0 Å². The highest BCUT2D eigenvalue weighted by atomic mass is 35.5. The van der Waals surface area contributed by atoms with Gasteiger partial charge in [0.25, 0.3) is 5.91 Å². The quantitative estimate of drug-likeness (QED) is 0.456. The van der Waals surface area contributed by atoms with E-state index >= 15 is 0 Å². The Labute approximate surface area is 167 Å². The third-order valence-corrected chi connectivity index (χ3v) is 5.61. The molecule has 2 aliphatic rings. The molecular weight excluding hydrogens is 406 g/mol. The van der Waals surface area contributed by atoms with Gasteiger partial charge in [-0.05, 0) is 40.6 Å². The Bertz CT molecular complexity index is 1060. The number of halogens is 1. The van der Waals surface area contributed by atoms with Gasteiger partial charge < -0.3 is 4.74 Å². The fourth-order valence-corrected chi connectivity index (χ4v) is 3.96. The molecule has 0 radical (unpaired) electrons. The largest absolute Gasteiger partial charge is 0.421 e. The molecule has 3 heterocycles. The van der Waals surface area contributed by atoms with E-state index in [2.05, 4.69) is 4.99 Å². The second-order valence-corrected chi connectivity index (χ2v) is 7.66. The van der Waals surface area contributed by atoms with Crippen LogP contribution < -0.4 is 4.74 Å². The highest BCUT2D eigenvalue weighted by Crippen LogP contribution is 2.30. The summed E-state index contributed by atoms with van der Waals surface area (Å²) in [6.45, 7) is 0. The number of carbonyl (C=O) groups is 2. The van der Waals surface area contributed by atoms with Crippen molar-refractivity contribution in [2.24, 2.45) is 4.99 Å². The van der Waals surface area contributed by atoms with Gasteiger partial charge in [0.2, 0.25) is 0 Å². The lowest BCUT2D eigenvalue weighted by Gasteiger charge is -2.22. The number of ether oxygens (including phenoxy) is 1. The Morgan fingerprint density at radius 3 is 2.93 bits per heavy atom. The third kappa shape index (κ3) is 3.46. The SMILES string of the molecule is N=C1C(=Cc2ccc(OC(=O)c3cccs3)c(Cl)c2)C(=O)N=C2SC=CN12. The van der Waals surface area contributed by atoms with Gasteiger partial charge in [-0.15, -0.1) is 11.3 Å². The zero-order chi connectivity index (χ0) is 19.0. The molecule has 0 spiro atoms. The van der Waals surface area contributed by atoms with Crippen molar-refractivity contribution in [1.82, 2.24) is 4.90 Å². The van der Waals surface area contributed by atoms with Crippen molar-refractivity contribution in [3.8, 4) is 5.75 Å². The number of hydrogen-bond acceptors (Lipinski definition) is 6.